The summed E-state index contributed by atoms with van der Waals surface area (Å²) >= 11 is 0. The fraction of sp³-hybridized carbons (Fsp3) is 0.591. The molecule has 8 nitrogen and oxygen atoms in total. The molecule has 7 atom stereocenters. The highest BCUT2D eigenvalue weighted by atomic mass is 16.7. The number of hydrogen-bond acceptors (Lipinski definition) is 8. The predicted octanol–water partition coefficient (Wildman–Crippen LogP) is 1.76. The third-order valence-corrected chi connectivity index (χ3v) is 6.04. The Balaban J connectivity index is 1.99. The van der Waals surface area contributed by atoms with E-state index in [-0.39, 0.29) is 18.1 Å². The molecular formula is C22H28O8. The first-order valence-electron chi connectivity index (χ1n) is 9.94. The summed E-state index contributed by atoms with van der Waals surface area (Å²) in [6.07, 6.45) is -0.176. The summed E-state index contributed by atoms with van der Waals surface area (Å²) in [4.78, 5) is 36.5. The highest BCUT2D eigenvalue weighted by Crippen LogP contribution is 2.40. The lowest BCUT2D eigenvalue weighted by Crippen LogP contribution is -2.37. The van der Waals surface area contributed by atoms with Crippen LogP contribution in [0.3, 0.4) is 0 Å². The van der Waals surface area contributed by atoms with Gasteiger partial charge in [-0.05, 0) is 51.0 Å². The van der Waals surface area contributed by atoms with Crippen molar-refractivity contribution in [3.05, 3.63) is 35.5 Å². The van der Waals surface area contributed by atoms with E-state index in [0.717, 1.165) is 0 Å². The van der Waals surface area contributed by atoms with Crippen LogP contribution in [-0.4, -0.2) is 59.1 Å². The molecule has 3 aliphatic rings. The van der Waals surface area contributed by atoms with Crippen molar-refractivity contribution in [1.29, 1.82) is 0 Å². The minimum Gasteiger partial charge on any atom is -0.458 e. The third-order valence-electron chi connectivity index (χ3n) is 6.04. The maximum atomic E-state index is 12.7. The molecule has 1 aliphatic carbocycles. The van der Waals surface area contributed by atoms with Crippen LogP contribution in [0.5, 0.6) is 0 Å². The van der Waals surface area contributed by atoms with Crippen LogP contribution in [0, 0.1) is 5.92 Å². The Bertz CT molecular complexity index is 840. The summed E-state index contributed by atoms with van der Waals surface area (Å²) < 4.78 is 21.9. The van der Waals surface area contributed by atoms with Gasteiger partial charge in [0.15, 0.2) is 5.60 Å². The smallest absolute Gasteiger partial charge is 0.341 e. The van der Waals surface area contributed by atoms with E-state index in [0.29, 0.717) is 11.1 Å². The molecule has 0 aromatic heterocycles. The van der Waals surface area contributed by atoms with Gasteiger partial charge in [0.05, 0.1) is 18.1 Å². The number of aliphatic hydroxyl groups is 1. The van der Waals surface area contributed by atoms with Crippen LogP contribution < -0.4 is 0 Å². The maximum Gasteiger partial charge on any atom is 0.341 e. The van der Waals surface area contributed by atoms with Gasteiger partial charge in [0.25, 0.3) is 0 Å². The topological polar surface area (TPSA) is 112 Å². The molecule has 0 unspecified atom stereocenters. The van der Waals surface area contributed by atoms with Crippen molar-refractivity contribution in [2.75, 3.05) is 0 Å². The van der Waals surface area contributed by atoms with Crippen molar-refractivity contribution in [1.82, 2.24) is 0 Å². The van der Waals surface area contributed by atoms with Crippen LogP contribution in [0.25, 0.3) is 0 Å². The number of rotatable bonds is 3. The van der Waals surface area contributed by atoms with Crippen LogP contribution in [0.4, 0.5) is 0 Å². The quantitative estimate of drug-likeness (QED) is 0.242. The Morgan fingerprint density at radius 2 is 1.87 bits per heavy atom. The second-order valence-corrected chi connectivity index (χ2v) is 8.33. The van der Waals surface area contributed by atoms with Gasteiger partial charge in [0, 0.05) is 18.9 Å². The third kappa shape index (κ3) is 4.20. The minimum atomic E-state index is -1.04. The van der Waals surface area contributed by atoms with Crippen molar-refractivity contribution < 1.29 is 38.4 Å². The molecule has 1 N–H and O–H groups in total. The second kappa shape index (κ2) is 8.00. The molecule has 2 heterocycles. The van der Waals surface area contributed by atoms with Crippen molar-refractivity contribution in [2.45, 2.75) is 77.2 Å². The number of carbonyl (C=O) groups is 3. The average molecular weight is 420 g/mol. The van der Waals surface area contributed by atoms with Crippen molar-refractivity contribution in [2.24, 2.45) is 5.92 Å². The molecule has 0 radical (unpaired) electrons. The zero-order valence-electron chi connectivity index (χ0n) is 17.8. The fourth-order valence-corrected chi connectivity index (χ4v) is 3.78. The van der Waals surface area contributed by atoms with E-state index in [2.05, 4.69) is 6.58 Å². The van der Waals surface area contributed by atoms with Gasteiger partial charge in [0.1, 0.15) is 18.3 Å². The number of carbonyl (C=O) groups excluding carboxylic acids is 3. The summed E-state index contributed by atoms with van der Waals surface area (Å²) in [5, 5.41) is 10.7. The number of esters is 3. The summed E-state index contributed by atoms with van der Waals surface area (Å²) in [6, 6.07) is 0. The first-order chi connectivity index (χ1) is 13.9. The molecule has 8 heteroatoms. The number of epoxide rings is 1. The molecule has 2 saturated heterocycles. The van der Waals surface area contributed by atoms with Gasteiger partial charge in [-0.3, -0.25) is 4.79 Å². The largest absolute Gasteiger partial charge is 0.458 e. The van der Waals surface area contributed by atoms with Crippen LogP contribution >= 0.6 is 0 Å². The van der Waals surface area contributed by atoms with Crippen LogP contribution in [-0.2, 0) is 33.3 Å². The molecule has 0 spiro atoms. The lowest BCUT2D eigenvalue weighted by Gasteiger charge is -2.29. The maximum absolute atomic E-state index is 12.7. The van der Waals surface area contributed by atoms with Crippen LogP contribution in [0.1, 0.15) is 41.0 Å². The lowest BCUT2D eigenvalue weighted by atomic mass is 9.85. The summed E-state index contributed by atoms with van der Waals surface area (Å²) in [5.41, 5.74) is 0.260. The summed E-state index contributed by atoms with van der Waals surface area (Å²) in [6.45, 7) is 11.9. The zero-order chi connectivity index (χ0) is 22.4. The Hall–Kier alpha value is -2.45. The molecule has 0 saturated carbocycles. The average Bonchev–Trinajstić information content (AvgIpc) is 3.17. The number of aliphatic hydroxyl groups excluding tert-OH is 1. The van der Waals surface area contributed by atoms with Gasteiger partial charge in [-0.15, -0.1) is 0 Å². The Morgan fingerprint density at radius 1 is 1.23 bits per heavy atom. The molecule has 2 fully saturated rings. The summed E-state index contributed by atoms with van der Waals surface area (Å²) in [7, 11) is 0. The molecule has 0 bridgehead atoms. The Morgan fingerprint density at radius 3 is 2.43 bits per heavy atom. The van der Waals surface area contributed by atoms with E-state index in [1.54, 1.807) is 39.8 Å². The first-order valence-corrected chi connectivity index (χ1v) is 9.94. The predicted molar refractivity (Wildman–Crippen MR) is 105 cm³/mol. The summed E-state index contributed by atoms with van der Waals surface area (Å²) in [5.74, 6) is -2.32. The first kappa shape index (κ1) is 22.2. The molecule has 0 amide bonds. The van der Waals surface area contributed by atoms with Gasteiger partial charge in [-0.2, -0.15) is 0 Å². The molecule has 30 heavy (non-hydrogen) atoms. The van der Waals surface area contributed by atoms with E-state index in [9.17, 15) is 19.5 Å². The zero-order valence-corrected chi connectivity index (χ0v) is 17.8. The standard InChI is InChI=1S/C22H28O8/c1-10-7-18(29-21(26)22(6)13(4)30-22)19-12(3)20(25)28-17(19)8-11(2)16(9-15(10)24)27-14(5)23/h7-8,13,15-19,24H,3,9H2,1-2,4-6H3/b10-7-,11-8-/t13-,15+,16+,17-,18-,19+,22+/m1/s1. The van der Waals surface area contributed by atoms with Gasteiger partial charge in [0.2, 0.25) is 0 Å². The fourth-order valence-electron chi connectivity index (χ4n) is 3.78. The monoisotopic (exact) mass is 420 g/mol. The van der Waals surface area contributed by atoms with Crippen LogP contribution in [0.2, 0.25) is 0 Å². The highest BCUT2D eigenvalue weighted by Gasteiger charge is 2.58. The number of ether oxygens (including phenoxy) is 4. The van der Waals surface area contributed by atoms with Gasteiger partial charge in [-0.25, -0.2) is 9.59 Å². The highest BCUT2D eigenvalue weighted by molar-refractivity contribution is 5.91. The Labute approximate surface area is 175 Å². The Kier molecular flexibility index (Phi) is 5.93. The van der Waals surface area contributed by atoms with E-state index < -0.39 is 53.8 Å². The molecule has 164 valence electrons. The molecule has 0 aromatic carbocycles. The van der Waals surface area contributed by atoms with Crippen molar-refractivity contribution >= 4 is 17.9 Å². The second-order valence-electron chi connectivity index (χ2n) is 8.33. The SMILES string of the molecule is C=C1C(=O)O[C@@H]2/C=C(/C)[C@@H](OC(C)=O)C[C@H](O)/C(C)=C\[C@@H](OC(=O)[C@@]3(C)O[C@@H]3C)[C@@H]12. The minimum absolute atomic E-state index is 0.120. The van der Waals surface area contributed by atoms with Gasteiger partial charge in [-0.1, -0.05) is 6.58 Å². The molecular weight excluding hydrogens is 392 g/mol. The van der Waals surface area contributed by atoms with E-state index in [1.807, 2.05) is 0 Å². The van der Waals surface area contributed by atoms with E-state index in [4.69, 9.17) is 18.9 Å². The number of hydrogen-bond donors (Lipinski definition) is 1. The van der Waals surface area contributed by atoms with Crippen LogP contribution in [0.15, 0.2) is 35.5 Å². The lowest BCUT2D eigenvalue weighted by molar-refractivity contribution is -0.155. The van der Waals surface area contributed by atoms with Gasteiger partial charge < -0.3 is 24.1 Å². The van der Waals surface area contributed by atoms with Crippen molar-refractivity contribution in [3.63, 3.8) is 0 Å². The van der Waals surface area contributed by atoms with Crippen molar-refractivity contribution in [3.8, 4) is 0 Å². The molecule has 3 rings (SSSR count). The van der Waals surface area contributed by atoms with E-state index >= 15 is 0 Å². The normalized spacial score (nSPS) is 42.1. The molecule has 0 aromatic rings. The van der Waals surface area contributed by atoms with E-state index in [1.165, 1.54) is 6.92 Å². The number of fused-ring (bicyclic) bond motifs is 1. The molecule has 2 aliphatic heterocycles. The van der Waals surface area contributed by atoms with Gasteiger partial charge >= 0.3 is 17.9 Å².